The third kappa shape index (κ3) is 3.43. The summed E-state index contributed by atoms with van der Waals surface area (Å²) in [5.74, 6) is 0. The molecule has 0 aromatic heterocycles. The van der Waals surface area contributed by atoms with Crippen LogP contribution >= 0.6 is 27.5 Å². The Balaban J connectivity index is 2.30. The normalized spacial score (nSPS) is 12.5. The summed E-state index contributed by atoms with van der Waals surface area (Å²) in [4.78, 5) is 0. The molecule has 0 aliphatic carbocycles. The Morgan fingerprint density at radius 2 is 1.70 bits per heavy atom. The molecule has 2 rings (SSSR count). The van der Waals surface area contributed by atoms with Crippen molar-refractivity contribution in [2.75, 3.05) is 0 Å². The predicted molar refractivity (Wildman–Crippen MR) is 88.5 cm³/mol. The van der Waals surface area contributed by atoms with Crippen LogP contribution in [0.2, 0.25) is 5.02 Å². The molecule has 0 heterocycles. The van der Waals surface area contributed by atoms with E-state index in [0.29, 0.717) is 11.4 Å². The highest BCUT2D eigenvalue weighted by molar-refractivity contribution is 9.10. The Hall–Kier alpha value is -0.830. The largest absolute Gasteiger partial charge is 0.388 e. The van der Waals surface area contributed by atoms with Gasteiger partial charge in [-0.2, -0.15) is 0 Å². The first-order valence-electron chi connectivity index (χ1n) is 6.58. The third-order valence-corrected chi connectivity index (χ3v) is 4.48. The van der Waals surface area contributed by atoms with E-state index >= 15 is 0 Å². The maximum absolute atomic E-state index is 10.5. The number of hydrogen-bond acceptors (Lipinski definition) is 1. The lowest BCUT2D eigenvalue weighted by molar-refractivity contribution is 0.177. The summed E-state index contributed by atoms with van der Waals surface area (Å²) >= 11 is 9.40. The van der Waals surface area contributed by atoms with E-state index in [-0.39, 0.29) is 0 Å². The Bertz CT molecular complexity index is 614. The average Bonchev–Trinajstić information content (AvgIpc) is 2.33. The number of rotatable bonds is 3. The van der Waals surface area contributed by atoms with Crippen molar-refractivity contribution in [1.29, 1.82) is 0 Å². The molecule has 0 amide bonds. The minimum Gasteiger partial charge on any atom is -0.388 e. The second-order valence-corrected chi connectivity index (χ2v) is 6.55. The zero-order valence-electron chi connectivity index (χ0n) is 11.9. The van der Waals surface area contributed by atoms with Crippen LogP contribution in [0.5, 0.6) is 0 Å². The van der Waals surface area contributed by atoms with Crippen molar-refractivity contribution in [1.82, 2.24) is 0 Å². The van der Waals surface area contributed by atoms with Crippen molar-refractivity contribution in [3.8, 4) is 0 Å². The minimum atomic E-state index is -0.540. The van der Waals surface area contributed by atoms with Gasteiger partial charge in [0.05, 0.1) is 6.10 Å². The zero-order valence-corrected chi connectivity index (χ0v) is 14.2. The van der Waals surface area contributed by atoms with E-state index in [9.17, 15) is 5.11 Å². The quantitative estimate of drug-likeness (QED) is 0.793. The van der Waals surface area contributed by atoms with Crippen LogP contribution < -0.4 is 0 Å². The highest BCUT2D eigenvalue weighted by Crippen LogP contribution is 2.30. The standard InChI is InChI=1S/C17H18BrClO/c1-10-6-11(2)15(12(3)7-10)9-17(20)14-5-4-13(19)8-16(14)18/h4-8,17,20H,9H2,1-3H3. The molecule has 0 saturated heterocycles. The van der Waals surface area contributed by atoms with Crippen LogP contribution in [-0.2, 0) is 6.42 Å². The molecule has 0 aliphatic heterocycles. The number of aliphatic hydroxyl groups is 1. The molecule has 0 spiro atoms. The number of hydrogen-bond donors (Lipinski definition) is 1. The molecule has 2 aromatic rings. The van der Waals surface area contributed by atoms with Crippen LogP contribution in [-0.4, -0.2) is 5.11 Å². The fourth-order valence-corrected chi connectivity index (χ4v) is 3.55. The molecular formula is C17H18BrClO. The molecule has 1 nitrogen and oxygen atoms in total. The van der Waals surface area contributed by atoms with Gasteiger partial charge in [-0.25, -0.2) is 0 Å². The number of halogens is 2. The highest BCUT2D eigenvalue weighted by atomic mass is 79.9. The van der Waals surface area contributed by atoms with Crippen LogP contribution in [0.25, 0.3) is 0 Å². The van der Waals surface area contributed by atoms with E-state index in [1.54, 1.807) is 6.07 Å². The second kappa shape index (κ2) is 6.30. The predicted octanol–water partition coefficient (Wildman–Crippen LogP) is 5.30. The third-order valence-electron chi connectivity index (χ3n) is 3.56. The van der Waals surface area contributed by atoms with E-state index in [1.165, 1.54) is 22.3 Å². The monoisotopic (exact) mass is 352 g/mol. The zero-order chi connectivity index (χ0) is 14.9. The molecule has 106 valence electrons. The molecule has 0 bridgehead atoms. The summed E-state index contributed by atoms with van der Waals surface area (Å²) in [5, 5.41) is 11.2. The van der Waals surface area contributed by atoms with Gasteiger partial charge in [0.2, 0.25) is 0 Å². The Morgan fingerprint density at radius 1 is 1.10 bits per heavy atom. The van der Waals surface area contributed by atoms with Gasteiger partial charge in [-0.3, -0.25) is 0 Å². The summed E-state index contributed by atoms with van der Waals surface area (Å²) in [6, 6.07) is 9.81. The van der Waals surface area contributed by atoms with Gasteiger partial charge in [0.1, 0.15) is 0 Å². The van der Waals surface area contributed by atoms with Crippen LogP contribution in [0, 0.1) is 20.8 Å². The fraction of sp³-hybridized carbons (Fsp3) is 0.294. The Labute approximate surface area is 133 Å². The molecule has 1 unspecified atom stereocenters. The smallest absolute Gasteiger partial charge is 0.0841 e. The maximum atomic E-state index is 10.5. The molecule has 0 saturated carbocycles. The van der Waals surface area contributed by atoms with E-state index in [4.69, 9.17) is 11.6 Å². The Morgan fingerprint density at radius 3 is 2.25 bits per heavy atom. The van der Waals surface area contributed by atoms with Gasteiger partial charge in [0, 0.05) is 15.9 Å². The molecule has 20 heavy (non-hydrogen) atoms. The van der Waals surface area contributed by atoms with E-state index in [2.05, 4.69) is 48.8 Å². The lowest BCUT2D eigenvalue weighted by atomic mass is 9.93. The average molecular weight is 354 g/mol. The van der Waals surface area contributed by atoms with Crippen molar-refractivity contribution in [3.63, 3.8) is 0 Å². The van der Waals surface area contributed by atoms with Crippen LogP contribution in [0.1, 0.15) is 33.9 Å². The fourth-order valence-electron chi connectivity index (χ4n) is 2.61. The Kier molecular flexibility index (Phi) is 4.90. The lowest BCUT2D eigenvalue weighted by Gasteiger charge is -2.17. The highest BCUT2D eigenvalue weighted by Gasteiger charge is 2.15. The molecule has 1 N–H and O–H groups in total. The molecular weight excluding hydrogens is 336 g/mol. The molecule has 1 atom stereocenters. The molecule has 0 aliphatic rings. The van der Waals surface area contributed by atoms with E-state index in [1.807, 2.05) is 12.1 Å². The van der Waals surface area contributed by atoms with Gasteiger partial charge in [0.25, 0.3) is 0 Å². The van der Waals surface area contributed by atoms with Gasteiger partial charge < -0.3 is 5.11 Å². The van der Waals surface area contributed by atoms with Crippen molar-refractivity contribution >= 4 is 27.5 Å². The van der Waals surface area contributed by atoms with Crippen molar-refractivity contribution in [2.24, 2.45) is 0 Å². The number of aliphatic hydroxyl groups excluding tert-OH is 1. The van der Waals surface area contributed by atoms with Crippen molar-refractivity contribution < 1.29 is 5.11 Å². The van der Waals surface area contributed by atoms with Gasteiger partial charge in [-0.05, 0) is 55.2 Å². The maximum Gasteiger partial charge on any atom is 0.0841 e. The summed E-state index contributed by atoms with van der Waals surface area (Å²) in [5.41, 5.74) is 5.79. The van der Waals surface area contributed by atoms with Gasteiger partial charge in [-0.1, -0.05) is 51.3 Å². The van der Waals surface area contributed by atoms with Gasteiger partial charge in [0.15, 0.2) is 0 Å². The number of aryl methyl sites for hydroxylation is 3. The minimum absolute atomic E-state index is 0.540. The van der Waals surface area contributed by atoms with Crippen LogP contribution in [0.3, 0.4) is 0 Å². The summed E-state index contributed by atoms with van der Waals surface area (Å²) in [6.45, 7) is 6.29. The summed E-state index contributed by atoms with van der Waals surface area (Å²) < 4.78 is 0.847. The van der Waals surface area contributed by atoms with Crippen molar-refractivity contribution in [3.05, 3.63) is 67.6 Å². The van der Waals surface area contributed by atoms with Gasteiger partial charge in [-0.15, -0.1) is 0 Å². The second-order valence-electron chi connectivity index (χ2n) is 5.26. The topological polar surface area (TPSA) is 20.2 Å². The van der Waals surface area contributed by atoms with Crippen LogP contribution in [0.4, 0.5) is 0 Å². The number of benzene rings is 2. The van der Waals surface area contributed by atoms with E-state index < -0.39 is 6.10 Å². The van der Waals surface area contributed by atoms with Crippen LogP contribution in [0.15, 0.2) is 34.8 Å². The molecule has 3 heteroatoms. The first-order chi connectivity index (χ1) is 9.38. The SMILES string of the molecule is Cc1cc(C)c(CC(O)c2ccc(Cl)cc2Br)c(C)c1. The van der Waals surface area contributed by atoms with Gasteiger partial charge >= 0.3 is 0 Å². The summed E-state index contributed by atoms with van der Waals surface area (Å²) in [7, 11) is 0. The lowest BCUT2D eigenvalue weighted by Crippen LogP contribution is -2.06. The molecule has 0 radical (unpaired) electrons. The molecule has 0 fully saturated rings. The first-order valence-corrected chi connectivity index (χ1v) is 7.75. The van der Waals surface area contributed by atoms with Crippen molar-refractivity contribution in [2.45, 2.75) is 33.3 Å². The first kappa shape index (κ1) is 15.6. The summed E-state index contributed by atoms with van der Waals surface area (Å²) in [6.07, 6.45) is 0.0693. The van der Waals surface area contributed by atoms with E-state index in [0.717, 1.165) is 10.0 Å². The molecule has 2 aromatic carbocycles.